The molecule has 0 radical (unpaired) electrons. The van der Waals surface area contributed by atoms with E-state index in [2.05, 4.69) is 16.0 Å². The van der Waals surface area contributed by atoms with Crippen molar-refractivity contribution in [3.63, 3.8) is 0 Å². The molecule has 0 amide bonds. The van der Waals surface area contributed by atoms with Crippen molar-refractivity contribution in [2.24, 2.45) is 0 Å². The number of H-pyrrole nitrogens is 1. The number of nitrogens with zero attached hydrogens (tertiary/aromatic N) is 3. The first-order valence-electron chi connectivity index (χ1n) is 5.55. The van der Waals surface area contributed by atoms with Crippen molar-refractivity contribution in [3.05, 3.63) is 55.6 Å². The molecule has 5 nitrogen and oxygen atoms in total. The first-order valence-corrected chi connectivity index (χ1v) is 6.63. The monoisotopic (exact) mass is 366 g/mol. The molecule has 0 aliphatic heterocycles. The van der Waals surface area contributed by atoms with E-state index in [-0.39, 0.29) is 5.56 Å². The average Bonchev–Trinajstić information content (AvgIpc) is 2.42. The molecule has 2 rings (SSSR count). The standard InChI is InChI=1S/C13H11IN4O/c1-18(12-11(14)13(19)17-8-16-12)7-10-4-2-3-9(5-10)6-15/h2-5,8H,7H2,1H3,(H,16,17,19). The van der Waals surface area contributed by atoms with Crippen LogP contribution in [-0.2, 0) is 6.54 Å². The first kappa shape index (κ1) is 13.5. The lowest BCUT2D eigenvalue weighted by Crippen LogP contribution is -2.23. The summed E-state index contributed by atoms with van der Waals surface area (Å²) in [5.74, 6) is 0.631. The molecule has 0 saturated heterocycles. The summed E-state index contributed by atoms with van der Waals surface area (Å²) in [6.45, 7) is 0.585. The summed E-state index contributed by atoms with van der Waals surface area (Å²) in [4.78, 5) is 20.1. The lowest BCUT2D eigenvalue weighted by molar-refractivity contribution is 0.879. The molecule has 6 heteroatoms. The molecule has 0 bridgehead atoms. The minimum atomic E-state index is -0.150. The fraction of sp³-hybridized carbons (Fsp3) is 0.154. The van der Waals surface area contributed by atoms with Crippen molar-refractivity contribution >= 4 is 28.4 Å². The Bertz CT molecular complexity index is 690. The number of anilines is 1. The van der Waals surface area contributed by atoms with E-state index in [0.29, 0.717) is 21.5 Å². The van der Waals surface area contributed by atoms with Crippen molar-refractivity contribution < 1.29 is 0 Å². The van der Waals surface area contributed by atoms with Crippen LogP contribution < -0.4 is 10.5 Å². The van der Waals surface area contributed by atoms with Gasteiger partial charge in [-0.15, -0.1) is 0 Å². The van der Waals surface area contributed by atoms with Crippen molar-refractivity contribution in [2.45, 2.75) is 6.54 Å². The number of aromatic nitrogens is 2. The Kier molecular flexibility index (Phi) is 4.16. The Labute approximate surface area is 124 Å². The number of hydrogen-bond acceptors (Lipinski definition) is 4. The molecular weight excluding hydrogens is 355 g/mol. The van der Waals surface area contributed by atoms with E-state index in [4.69, 9.17) is 5.26 Å². The molecule has 1 aromatic heterocycles. The number of aromatic amines is 1. The van der Waals surface area contributed by atoms with Crippen LogP contribution in [-0.4, -0.2) is 17.0 Å². The van der Waals surface area contributed by atoms with Gasteiger partial charge in [0.2, 0.25) is 0 Å². The summed E-state index contributed by atoms with van der Waals surface area (Å²) in [7, 11) is 1.86. The third-order valence-corrected chi connectivity index (χ3v) is 3.59. The number of nitriles is 1. The Hall–Kier alpha value is -1.88. The maximum Gasteiger partial charge on any atom is 0.266 e. The highest BCUT2D eigenvalue weighted by atomic mass is 127. The summed E-state index contributed by atoms with van der Waals surface area (Å²) in [5.41, 5.74) is 1.47. The summed E-state index contributed by atoms with van der Waals surface area (Å²) < 4.78 is 0.555. The maximum atomic E-state index is 11.5. The minimum Gasteiger partial charge on any atom is -0.354 e. The van der Waals surface area contributed by atoms with Gasteiger partial charge in [0.1, 0.15) is 9.39 Å². The van der Waals surface area contributed by atoms with Crippen LogP contribution in [0.3, 0.4) is 0 Å². The van der Waals surface area contributed by atoms with Crippen LogP contribution in [0.15, 0.2) is 35.4 Å². The molecule has 1 N–H and O–H groups in total. The van der Waals surface area contributed by atoms with Crippen molar-refractivity contribution in [1.82, 2.24) is 9.97 Å². The second-order valence-corrected chi connectivity index (χ2v) is 5.12. The van der Waals surface area contributed by atoms with E-state index < -0.39 is 0 Å². The number of rotatable bonds is 3. The van der Waals surface area contributed by atoms with Gasteiger partial charge in [-0.3, -0.25) is 4.79 Å². The predicted octanol–water partition coefficient (Wildman–Crippen LogP) is 1.88. The Balaban J connectivity index is 2.26. The van der Waals surface area contributed by atoms with Crippen LogP contribution >= 0.6 is 22.6 Å². The summed E-state index contributed by atoms with van der Waals surface area (Å²) in [6.07, 6.45) is 1.39. The quantitative estimate of drug-likeness (QED) is 0.842. The van der Waals surface area contributed by atoms with Crippen LogP contribution in [0, 0.1) is 14.9 Å². The van der Waals surface area contributed by atoms with Gasteiger partial charge in [0.15, 0.2) is 0 Å². The van der Waals surface area contributed by atoms with E-state index in [1.807, 2.05) is 52.7 Å². The zero-order chi connectivity index (χ0) is 13.8. The van der Waals surface area contributed by atoms with Gasteiger partial charge in [0.05, 0.1) is 18.0 Å². The number of halogens is 1. The molecule has 19 heavy (non-hydrogen) atoms. The molecule has 0 unspecified atom stereocenters. The van der Waals surface area contributed by atoms with Crippen molar-refractivity contribution in [3.8, 4) is 6.07 Å². The van der Waals surface area contributed by atoms with Crippen molar-refractivity contribution in [2.75, 3.05) is 11.9 Å². The fourth-order valence-electron chi connectivity index (χ4n) is 1.73. The lowest BCUT2D eigenvalue weighted by Gasteiger charge is -2.18. The van der Waals surface area contributed by atoms with Crippen LogP contribution in [0.1, 0.15) is 11.1 Å². The third-order valence-electron chi connectivity index (χ3n) is 2.62. The van der Waals surface area contributed by atoms with Gasteiger partial charge in [-0.25, -0.2) is 4.98 Å². The summed E-state index contributed by atoms with van der Waals surface area (Å²) >= 11 is 1.98. The smallest absolute Gasteiger partial charge is 0.266 e. The second kappa shape index (κ2) is 5.84. The summed E-state index contributed by atoms with van der Waals surface area (Å²) in [5, 5.41) is 8.87. The average molecular weight is 366 g/mol. The SMILES string of the molecule is CN(Cc1cccc(C#N)c1)c1nc[nH]c(=O)c1I. The van der Waals surface area contributed by atoms with Gasteiger partial charge in [0.25, 0.3) is 5.56 Å². The molecule has 0 aliphatic carbocycles. The molecule has 0 aliphatic rings. The molecule has 0 saturated carbocycles. The predicted molar refractivity (Wildman–Crippen MR) is 80.8 cm³/mol. The first-order chi connectivity index (χ1) is 9.11. The maximum absolute atomic E-state index is 11.5. The zero-order valence-electron chi connectivity index (χ0n) is 10.2. The van der Waals surface area contributed by atoms with E-state index >= 15 is 0 Å². The minimum absolute atomic E-state index is 0.150. The highest BCUT2D eigenvalue weighted by Gasteiger charge is 2.10. The molecule has 1 aromatic carbocycles. The molecule has 2 aromatic rings. The zero-order valence-corrected chi connectivity index (χ0v) is 12.4. The van der Waals surface area contributed by atoms with Gasteiger partial charge in [0, 0.05) is 13.6 Å². The third kappa shape index (κ3) is 3.12. The molecule has 96 valence electrons. The molecule has 0 spiro atoms. The topological polar surface area (TPSA) is 72.8 Å². The lowest BCUT2D eigenvalue weighted by atomic mass is 10.1. The van der Waals surface area contributed by atoms with Crippen LogP contribution in [0.2, 0.25) is 0 Å². The van der Waals surface area contributed by atoms with Crippen molar-refractivity contribution in [1.29, 1.82) is 5.26 Å². The van der Waals surface area contributed by atoms with Gasteiger partial charge in [-0.1, -0.05) is 12.1 Å². The van der Waals surface area contributed by atoms with Crippen LogP contribution in [0.5, 0.6) is 0 Å². The summed E-state index contributed by atoms with van der Waals surface area (Å²) in [6, 6.07) is 9.49. The normalized spacial score (nSPS) is 9.95. The molecule has 1 heterocycles. The largest absolute Gasteiger partial charge is 0.354 e. The Morgan fingerprint density at radius 1 is 1.53 bits per heavy atom. The van der Waals surface area contributed by atoms with Crippen LogP contribution in [0.4, 0.5) is 5.82 Å². The van der Waals surface area contributed by atoms with E-state index in [9.17, 15) is 4.79 Å². The Morgan fingerprint density at radius 3 is 3.05 bits per heavy atom. The Morgan fingerprint density at radius 2 is 2.32 bits per heavy atom. The number of hydrogen-bond donors (Lipinski definition) is 1. The van der Waals surface area contributed by atoms with Gasteiger partial charge in [-0.2, -0.15) is 5.26 Å². The van der Waals surface area contributed by atoms with E-state index in [1.165, 1.54) is 6.33 Å². The van der Waals surface area contributed by atoms with Gasteiger partial charge >= 0.3 is 0 Å². The van der Waals surface area contributed by atoms with Gasteiger partial charge in [-0.05, 0) is 40.3 Å². The second-order valence-electron chi connectivity index (χ2n) is 4.04. The van der Waals surface area contributed by atoms with Gasteiger partial charge < -0.3 is 9.88 Å². The highest BCUT2D eigenvalue weighted by molar-refractivity contribution is 14.1. The van der Waals surface area contributed by atoms with Crippen LogP contribution in [0.25, 0.3) is 0 Å². The fourth-order valence-corrected chi connectivity index (χ4v) is 2.43. The molecule has 0 atom stereocenters. The molecule has 0 fully saturated rings. The number of benzene rings is 1. The van der Waals surface area contributed by atoms with E-state index in [1.54, 1.807) is 6.07 Å². The molecular formula is C13H11IN4O. The highest BCUT2D eigenvalue weighted by Crippen LogP contribution is 2.16. The number of nitrogens with one attached hydrogen (secondary N) is 1. The van der Waals surface area contributed by atoms with E-state index in [0.717, 1.165) is 5.56 Å².